The number of aliphatic carboxylic acids is 1. The molecule has 323 valence electrons. The van der Waals surface area contributed by atoms with Gasteiger partial charge in [0.1, 0.15) is 12.4 Å². The molecule has 59 heavy (non-hydrogen) atoms. The van der Waals surface area contributed by atoms with Crippen LogP contribution in [0.15, 0.2) is 51.6 Å². The molecule has 0 spiro atoms. The molecule has 1 aliphatic carbocycles. The Morgan fingerprint density at radius 3 is 2.32 bits per heavy atom. The molecule has 2 aliphatic rings. The van der Waals surface area contributed by atoms with E-state index in [-0.39, 0.29) is 36.8 Å². The van der Waals surface area contributed by atoms with Crippen LogP contribution in [0.1, 0.15) is 80.4 Å². The first-order valence-corrected chi connectivity index (χ1v) is 21.9. The lowest BCUT2D eigenvalue weighted by Gasteiger charge is -2.38. The van der Waals surface area contributed by atoms with Gasteiger partial charge >= 0.3 is 11.9 Å². The highest BCUT2D eigenvalue weighted by Gasteiger charge is 2.36. The number of esters is 1. The number of hydrogen-bond acceptors (Lipinski definition) is 14. The van der Waals surface area contributed by atoms with Crippen LogP contribution in [0.4, 0.5) is 0 Å². The van der Waals surface area contributed by atoms with E-state index in [2.05, 4.69) is 46.8 Å². The SMILES string of the molecule is COc1ccc2c(c1)c(CC(=O)OCCN(CC(=O)O)CC1(SN=O)CCCCC1)c(C)n2C(=O)c1ccc(Cl)cc1.[CH2]CN(C)C1CCN(CC(C)(C)SN=O)CC1. The number of fused-ring (bicyclic) bond motifs is 1. The fourth-order valence-electron chi connectivity index (χ4n) is 8.02. The first-order chi connectivity index (χ1) is 28.1. The van der Waals surface area contributed by atoms with Crippen LogP contribution in [0.25, 0.3) is 10.9 Å². The van der Waals surface area contributed by atoms with Gasteiger partial charge in [0.2, 0.25) is 0 Å². The third-order valence-corrected chi connectivity index (χ3v) is 13.1. The normalized spacial score (nSPS) is 16.1. The Hall–Kier alpha value is -3.54. The minimum absolute atomic E-state index is 0.0217. The molecule has 0 unspecified atom stereocenters. The van der Waals surface area contributed by atoms with Crippen molar-refractivity contribution in [2.45, 2.75) is 87.7 Å². The number of hydrogen-bond donors (Lipinski definition) is 1. The number of aromatic nitrogens is 1. The van der Waals surface area contributed by atoms with E-state index < -0.39 is 16.7 Å². The van der Waals surface area contributed by atoms with Crippen molar-refractivity contribution in [2.75, 3.05) is 66.6 Å². The Morgan fingerprint density at radius 2 is 1.73 bits per heavy atom. The summed E-state index contributed by atoms with van der Waals surface area (Å²) >= 11 is 8.14. The average Bonchev–Trinajstić information content (AvgIpc) is 3.47. The van der Waals surface area contributed by atoms with Crippen LogP contribution in [-0.4, -0.2) is 124 Å². The van der Waals surface area contributed by atoms with Crippen molar-refractivity contribution in [2.24, 2.45) is 9.16 Å². The average molecular weight is 875 g/mol. The number of carboxylic acid groups (broad SMARTS) is 1. The van der Waals surface area contributed by atoms with Crippen molar-refractivity contribution in [3.63, 3.8) is 0 Å². The summed E-state index contributed by atoms with van der Waals surface area (Å²) in [5.41, 5.74) is 2.30. The summed E-state index contributed by atoms with van der Waals surface area (Å²) in [7, 11) is 3.69. The molecule has 14 nitrogen and oxygen atoms in total. The number of nitroso groups, excluding NO2 is 2. The van der Waals surface area contributed by atoms with E-state index in [1.807, 2.05) is 0 Å². The van der Waals surface area contributed by atoms with Gasteiger partial charge in [-0.3, -0.25) is 23.9 Å². The molecule has 0 amide bonds. The number of carboxylic acids is 1. The molecular formula is C42H58ClN6O8S2. The molecule has 1 aliphatic heterocycles. The van der Waals surface area contributed by atoms with Gasteiger partial charge in [-0.25, -0.2) is 0 Å². The first kappa shape index (κ1) is 48.1. The van der Waals surface area contributed by atoms with Crippen LogP contribution in [-0.2, 0) is 20.7 Å². The Morgan fingerprint density at radius 1 is 1.05 bits per heavy atom. The third-order valence-electron chi connectivity index (χ3n) is 11.1. The molecule has 3 aromatic rings. The minimum Gasteiger partial charge on any atom is -0.497 e. The fourth-order valence-corrected chi connectivity index (χ4v) is 9.45. The Balaban J connectivity index is 0.000000378. The summed E-state index contributed by atoms with van der Waals surface area (Å²) in [4.78, 5) is 66.0. The van der Waals surface area contributed by atoms with Crippen molar-refractivity contribution in [3.05, 3.63) is 81.0 Å². The zero-order chi connectivity index (χ0) is 43.2. The van der Waals surface area contributed by atoms with Crippen LogP contribution in [0.3, 0.4) is 0 Å². The lowest BCUT2D eigenvalue weighted by Crippen LogP contribution is -2.46. The van der Waals surface area contributed by atoms with Gasteiger partial charge in [0.05, 0.1) is 30.3 Å². The molecule has 1 saturated heterocycles. The Bertz CT molecular complexity index is 1880. The summed E-state index contributed by atoms with van der Waals surface area (Å²) in [5, 5.41) is 10.7. The van der Waals surface area contributed by atoms with Gasteiger partial charge in [0.15, 0.2) is 0 Å². The molecule has 17 heteroatoms. The quantitative estimate of drug-likeness (QED) is 0.0696. The second-order valence-corrected chi connectivity index (χ2v) is 19.0. The first-order valence-electron chi connectivity index (χ1n) is 20.0. The van der Waals surface area contributed by atoms with Crippen molar-refractivity contribution in [1.29, 1.82) is 0 Å². The molecule has 2 aromatic carbocycles. The zero-order valence-corrected chi connectivity index (χ0v) is 37.2. The molecule has 5 rings (SSSR count). The smallest absolute Gasteiger partial charge is 0.317 e. The largest absolute Gasteiger partial charge is 0.497 e. The minimum atomic E-state index is -1.00. The van der Waals surface area contributed by atoms with E-state index in [0.717, 1.165) is 82.2 Å². The molecule has 0 atom stereocenters. The van der Waals surface area contributed by atoms with Gasteiger partial charge in [0, 0.05) is 85.1 Å². The molecule has 1 N–H and O–H groups in total. The van der Waals surface area contributed by atoms with Crippen molar-refractivity contribution < 1.29 is 29.0 Å². The van der Waals surface area contributed by atoms with Crippen LogP contribution < -0.4 is 4.74 Å². The number of carbonyl (C=O) groups is 3. The maximum atomic E-state index is 13.5. The van der Waals surface area contributed by atoms with Gasteiger partial charge in [0.25, 0.3) is 5.91 Å². The van der Waals surface area contributed by atoms with Crippen molar-refractivity contribution in [1.82, 2.24) is 19.3 Å². The van der Waals surface area contributed by atoms with Gasteiger partial charge < -0.3 is 24.4 Å². The van der Waals surface area contributed by atoms with Gasteiger partial charge in [-0.05, 0) is 128 Å². The summed E-state index contributed by atoms with van der Waals surface area (Å²) < 4.78 is 18.0. The Labute approximate surface area is 361 Å². The summed E-state index contributed by atoms with van der Waals surface area (Å²) in [5.74, 6) is -1.19. The number of halogens is 1. The van der Waals surface area contributed by atoms with E-state index in [1.54, 1.807) is 66.0 Å². The molecule has 2 heterocycles. The molecular weight excluding hydrogens is 816 g/mol. The van der Waals surface area contributed by atoms with Gasteiger partial charge in [-0.2, -0.15) is 0 Å². The molecule has 0 bridgehead atoms. The highest BCUT2D eigenvalue weighted by molar-refractivity contribution is 7.99. The van der Waals surface area contributed by atoms with E-state index >= 15 is 0 Å². The second-order valence-electron chi connectivity index (χ2n) is 15.9. The second kappa shape index (κ2) is 22.9. The lowest BCUT2D eigenvalue weighted by molar-refractivity contribution is -0.143. The number of benzene rings is 2. The highest BCUT2D eigenvalue weighted by Crippen LogP contribution is 2.41. The number of carbonyl (C=O) groups excluding carboxylic acids is 2. The predicted molar refractivity (Wildman–Crippen MR) is 237 cm³/mol. The summed E-state index contributed by atoms with van der Waals surface area (Å²) in [6, 6.07) is 12.6. The maximum absolute atomic E-state index is 13.5. The number of rotatable bonds is 19. The highest BCUT2D eigenvalue weighted by atomic mass is 35.5. The van der Waals surface area contributed by atoms with Gasteiger partial charge in [-0.15, -0.1) is 9.81 Å². The standard InChI is InChI=1S/C30H34ClN3O7S.C12H24N3OS/c1-20-24(25-16-23(40-2)10-11-26(25)34(20)29(38)21-6-8-22(31)9-7-21)17-28(37)41-15-14-33(18-27(35)36)19-30(42-32-39)12-4-3-5-13-30;1-5-14(4)11-6-8-15(9-7-11)10-12(2,3)17-13-16/h6-11,16H,3-5,12-15,17-19H2,1-2H3,(H,35,36);11H,1,5-10H2,2-4H3. The summed E-state index contributed by atoms with van der Waals surface area (Å²) in [6.45, 7) is 14.2. The van der Waals surface area contributed by atoms with Gasteiger partial charge in [-0.1, -0.05) is 30.9 Å². The number of piperidine rings is 1. The number of methoxy groups -OCH3 is 1. The van der Waals surface area contributed by atoms with E-state index in [4.69, 9.17) is 21.1 Å². The van der Waals surface area contributed by atoms with E-state index in [0.29, 0.717) is 51.1 Å². The third kappa shape index (κ3) is 14.0. The fraction of sp³-hybridized carbons (Fsp3) is 0.571. The molecule has 1 saturated carbocycles. The zero-order valence-electron chi connectivity index (χ0n) is 34.8. The van der Waals surface area contributed by atoms with Crippen molar-refractivity contribution >= 4 is 64.2 Å². The van der Waals surface area contributed by atoms with Crippen LogP contribution in [0.5, 0.6) is 5.75 Å². The maximum Gasteiger partial charge on any atom is 0.317 e. The molecule has 1 aromatic heterocycles. The summed E-state index contributed by atoms with van der Waals surface area (Å²) in [6.07, 6.45) is 6.84. The lowest BCUT2D eigenvalue weighted by atomic mass is 9.88. The van der Waals surface area contributed by atoms with Crippen LogP contribution in [0.2, 0.25) is 5.02 Å². The Kier molecular flexibility index (Phi) is 18.7. The topological polar surface area (TPSA) is 163 Å². The number of nitrogens with zero attached hydrogens (tertiary/aromatic N) is 6. The molecule has 1 radical (unpaired) electrons. The molecule has 2 fully saturated rings. The number of likely N-dealkylation sites (tertiary alicyclic amines) is 1. The van der Waals surface area contributed by atoms with Crippen molar-refractivity contribution in [3.8, 4) is 5.75 Å². The predicted octanol–water partition coefficient (Wildman–Crippen LogP) is 8.30. The van der Waals surface area contributed by atoms with E-state index in [9.17, 15) is 29.3 Å². The van der Waals surface area contributed by atoms with Crippen LogP contribution in [0, 0.1) is 23.7 Å². The van der Waals surface area contributed by atoms with Crippen LogP contribution >= 0.6 is 35.5 Å². The monoisotopic (exact) mass is 873 g/mol. The number of ether oxygens (including phenoxy) is 2. The van der Waals surface area contributed by atoms with E-state index in [1.165, 1.54) is 12.8 Å².